The summed E-state index contributed by atoms with van der Waals surface area (Å²) >= 11 is 0. The Hall–Kier alpha value is -2.21. The second-order valence-corrected chi connectivity index (χ2v) is 5.67. The second kappa shape index (κ2) is 7.13. The zero-order valence-electron chi connectivity index (χ0n) is 13.0. The van der Waals surface area contributed by atoms with Crippen LogP contribution in [0.5, 0.6) is 11.5 Å². The summed E-state index contributed by atoms with van der Waals surface area (Å²) in [6, 6.07) is 15.7. The molecule has 0 aromatic heterocycles. The number of hydroxylamine groups is 2. The van der Waals surface area contributed by atoms with Gasteiger partial charge < -0.3 is 9.57 Å². The lowest BCUT2D eigenvalue weighted by molar-refractivity contribution is -0.274. The molecule has 1 aliphatic rings. The maximum atomic E-state index is 12.2. The van der Waals surface area contributed by atoms with Gasteiger partial charge in [0.25, 0.3) is 0 Å². The number of ether oxygens (including phenoxy) is 1. The number of hydrogen-bond donors (Lipinski definition) is 0. The molecule has 0 amide bonds. The summed E-state index contributed by atoms with van der Waals surface area (Å²) < 4.78 is 40.4. The van der Waals surface area contributed by atoms with Crippen molar-refractivity contribution in [3.63, 3.8) is 0 Å². The van der Waals surface area contributed by atoms with Gasteiger partial charge in [0.1, 0.15) is 11.5 Å². The Bertz CT molecular complexity index is 644. The van der Waals surface area contributed by atoms with Gasteiger partial charge in [-0.2, -0.15) is 0 Å². The lowest BCUT2D eigenvalue weighted by atomic mass is 9.97. The maximum absolute atomic E-state index is 12.2. The van der Waals surface area contributed by atoms with Gasteiger partial charge in [0.15, 0.2) is 0 Å². The summed E-state index contributed by atoms with van der Waals surface area (Å²) in [6.45, 7) is 0.778. The Morgan fingerprint density at radius 2 is 1.54 bits per heavy atom. The maximum Gasteiger partial charge on any atom is 0.573 e. The molecule has 128 valence electrons. The molecule has 1 fully saturated rings. The van der Waals surface area contributed by atoms with Crippen LogP contribution in [0, 0.1) is 0 Å². The minimum Gasteiger partial charge on any atom is -0.406 e. The van der Waals surface area contributed by atoms with Crippen molar-refractivity contribution in [1.82, 2.24) is 5.06 Å². The molecule has 3 rings (SSSR count). The number of piperidine rings is 1. The third-order valence-corrected chi connectivity index (χ3v) is 3.92. The molecule has 1 saturated heterocycles. The van der Waals surface area contributed by atoms with E-state index >= 15 is 0 Å². The van der Waals surface area contributed by atoms with Crippen molar-refractivity contribution in [1.29, 1.82) is 0 Å². The monoisotopic (exact) mass is 337 g/mol. The molecule has 3 nitrogen and oxygen atoms in total. The highest BCUT2D eigenvalue weighted by molar-refractivity contribution is 5.31. The third-order valence-electron chi connectivity index (χ3n) is 3.92. The van der Waals surface area contributed by atoms with E-state index in [1.807, 2.05) is 23.3 Å². The summed E-state index contributed by atoms with van der Waals surface area (Å²) in [7, 11) is 0. The first kappa shape index (κ1) is 16.6. The van der Waals surface area contributed by atoms with Gasteiger partial charge in [-0.1, -0.05) is 36.8 Å². The first-order valence-electron chi connectivity index (χ1n) is 7.87. The highest BCUT2D eigenvalue weighted by atomic mass is 19.4. The van der Waals surface area contributed by atoms with Crippen LogP contribution in [0.1, 0.15) is 30.9 Å². The molecule has 1 aliphatic heterocycles. The SMILES string of the molecule is FC(F)(F)Oc1ccc(ON2CCCCC2c2ccccc2)cc1. The summed E-state index contributed by atoms with van der Waals surface area (Å²) in [5.74, 6) is 0.237. The van der Waals surface area contributed by atoms with Crippen molar-refractivity contribution >= 4 is 0 Å². The van der Waals surface area contributed by atoms with Crippen molar-refractivity contribution < 1.29 is 22.7 Å². The molecule has 6 heteroatoms. The van der Waals surface area contributed by atoms with Gasteiger partial charge in [-0.25, -0.2) is 0 Å². The first-order chi connectivity index (χ1) is 11.5. The summed E-state index contributed by atoms with van der Waals surface area (Å²) in [6.07, 6.45) is -1.55. The summed E-state index contributed by atoms with van der Waals surface area (Å²) in [4.78, 5) is 5.90. The largest absolute Gasteiger partial charge is 0.573 e. The van der Waals surface area contributed by atoms with Gasteiger partial charge >= 0.3 is 6.36 Å². The molecule has 0 aliphatic carbocycles. The fraction of sp³-hybridized carbons (Fsp3) is 0.333. The van der Waals surface area contributed by atoms with E-state index in [2.05, 4.69) is 16.9 Å². The van der Waals surface area contributed by atoms with Gasteiger partial charge in [0.05, 0.1) is 6.04 Å². The van der Waals surface area contributed by atoms with Crippen LogP contribution < -0.4 is 9.57 Å². The molecule has 0 N–H and O–H groups in total. The van der Waals surface area contributed by atoms with Crippen molar-refractivity contribution in [2.24, 2.45) is 0 Å². The Kier molecular flexibility index (Phi) is 4.94. The molecule has 1 heterocycles. The van der Waals surface area contributed by atoms with Crippen molar-refractivity contribution in [3.8, 4) is 11.5 Å². The smallest absolute Gasteiger partial charge is 0.406 e. The van der Waals surface area contributed by atoms with E-state index in [1.54, 1.807) is 0 Å². The van der Waals surface area contributed by atoms with Crippen LogP contribution in [0.15, 0.2) is 54.6 Å². The average Bonchev–Trinajstić information content (AvgIpc) is 2.57. The Labute approximate surface area is 138 Å². The number of hydrogen-bond acceptors (Lipinski definition) is 3. The molecular formula is C18H18F3NO2. The minimum absolute atomic E-state index is 0.144. The van der Waals surface area contributed by atoms with E-state index in [4.69, 9.17) is 4.84 Å². The highest BCUT2D eigenvalue weighted by Gasteiger charge is 2.31. The van der Waals surface area contributed by atoms with Crippen LogP contribution in [0.4, 0.5) is 13.2 Å². The lowest BCUT2D eigenvalue weighted by Crippen LogP contribution is -2.36. The van der Waals surface area contributed by atoms with E-state index in [9.17, 15) is 13.2 Å². The third kappa shape index (κ3) is 4.41. The van der Waals surface area contributed by atoms with Crippen LogP contribution in [-0.4, -0.2) is 18.0 Å². The molecule has 2 aromatic carbocycles. The second-order valence-electron chi connectivity index (χ2n) is 5.67. The highest BCUT2D eigenvalue weighted by Crippen LogP contribution is 2.32. The molecule has 0 bridgehead atoms. The molecule has 1 atom stereocenters. The van der Waals surface area contributed by atoms with Gasteiger partial charge in [0, 0.05) is 6.54 Å². The fourth-order valence-corrected chi connectivity index (χ4v) is 2.86. The number of benzene rings is 2. The van der Waals surface area contributed by atoms with Gasteiger partial charge in [-0.3, -0.25) is 0 Å². The van der Waals surface area contributed by atoms with Crippen LogP contribution in [0.25, 0.3) is 0 Å². The zero-order valence-corrected chi connectivity index (χ0v) is 13.0. The number of alkyl halides is 3. The topological polar surface area (TPSA) is 21.7 Å². The van der Waals surface area contributed by atoms with E-state index < -0.39 is 6.36 Å². The fourth-order valence-electron chi connectivity index (χ4n) is 2.86. The van der Waals surface area contributed by atoms with Crippen molar-refractivity contribution in [2.75, 3.05) is 6.54 Å². The van der Waals surface area contributed by atoms with Gasteiger partial charge in [0.2, 0.25) is 0 Å². The van der Waals surface area contributed by atoms with Crippen molar-refractivity contribution in [3.05, 3.63) is 60.2 Å². The normalized spacial score (nSPS) is 19.0. The first-order valence-corrected chi connectivity index (χ1v) is 7.87. The Morgan fingerprint density at radius 1 is 0.875 bits per heavy atom. The molecular weight excluding hydrogens is 319 g/mol. The van der Waals surface area contributed by atoms with Gasteiger partial charge in [-0.05, 0) is 42.7 Å². The average molecular weight is 337 g/mol. The van der Waals surface area contributed by atoms with Crippen molar-refractivity contribution in [2.45, 2.75) is 31.7 Å². The van der Waals surface area contributed by atoms with Crippen LogP contribution in [0.2, 0.25) is 0 Å². The molecule has 24 heavy (non-hydrogen) atoms. The Morgan fingerprint density at radius 3 is 2.21 bits per heavy atom. The van der Waals surface area contributed by atoms with Crippen LogP contribution in [-0.2, 0) is 0 Å². The van der Waals surface area contributed by atoms with Crippen LogP contribution >= 0.6 is 0 Å². The minimum atomic E-state index is -4.69. The van der Waals surface area contributed by atoms with E-state index in [0.717, 1.165) is 25.8 Å². The molecule has 0 spiro atoms. The zero-order chi connectivity index (χ0) is 17.0. The molecule has 0 radical (unpaired) electrons. The summed E-state index contributed by atoms with van der Waals surface area (Å²) in [5, 5.41) is 1.90. The molecule has 1 unspecified atom stereocenters. The Balaban J connectivity index is 1.69. The molecule has 0 saturated carbocycles. The number of rotatable bonds is 4. The number of halogens is 3. The predicted octanol–water partition coefficient (Wildman–Crippen LogP) is 5.11. The summed E-state index contributed by atoms with van der Waals surface area (Å²) in [5.41, 5.74) is 1.18. The molecule has 2 aromatic rings. The standard InChI is InChI=1S/C18H18F3NO2/c19-18(20,21)23-15-9-11-16(12-10-15)24-22-13-5-4-8-17(22)14-6-2-1-3-7-14/h1-3,6-7,9-12,17H,4-5,8,13H2. The quantitative estimate of drug-likeness (QED) is 0.774. The lowest BCUT2D eigenvalue weighted by Gasteiger charge is -2.34. The van der Waals surface area contributed by atoms with Gasteiger partial charge in [-0.15, -0.1) is 18.2 Å². The van der Waals surface area contributed by atoms with Crippen LogP contribution in [0.3, 0.4) is 0 Å². The van der Waals surface area contributed by atoms with E-state index in [0.29, 0.717) is 5.75 Å². The van der Waals surface area contributed by atoms with E-state index in [1.165, 1.54) is 29.8 Å². The van der Waals surface area contributed by atoms with E-state index in [-0.39, 0.29) is 11.8 Å². The predicted molar refractivity (Wildman–Crippen MR) is 83.5 cm³/mol. The number of nitrogens with zero attached hydrogens (tertiary/aromatic N) is 1.